The fraction of sp³-hybridized carbons (Fsp3) is 0.222. The Bertz CT molecular complexity index is 1600. The topological polar surface area (TPSA) is 105 Å². The normalized spacial score (nSPS) is 18.5. The second-order valence-corrected chi connectivity index (χ2v) is 10.4. The summed E-state index contributed by atoms with van der Waals surface area (Å²) in [7, 11) is 2.43. The highest BCUT2D eigenvalue weighted by Gasteiger charge is 2.48. The molecule has 5 rings (SSSR count). The maximum Gasteiger partial charge on any atom is 0.351 e. The Morgan fingerprint density at radius 1 is 0.591 bits per heavy atom. The zero-order valence-corrected chi connectivity index (χ0v) is 24.3. The van der Waals surface area contributed by atoms with Gasteiger partial charge in [-0.2, -0.15) is 0 Å². The number of rotatable bonds is 9. The fourth-order valence-corrected chi connectivity index (χ4v) is 5.76. The maximum absolute atomic E-state index is 14.3. The van der Waals surface area contributed by atoms with Crippen molar-refractivity contribution in [3.05, 3.63) is 143 Å². The molecular weight excluding hydrogens is 560 g/mol. The van der Waals surface area contributed by atoms with Gasteiger partial charge in [0.05, 0.1) is 26.1 Å². The third-order valence-corrected chi connectivity index (χ3v) is 7.86. The Kier molecular flexibility index (Phi) is 9.49. The van der Waals surface area contributed by atoms with E-state index in [0.717, 1.165) is 16.7 Å². The van der Waals surface area contributed by atoms with Crippen LogP contribution in [-0.2, 0) is 44.5 Å². The summed E-state index contributed by atoms with van der Waals surface area (Å²) in [6.07, 6.45) is -2.55. The van der Waals surface area contributed by atoms with Crippen LogP contribution in [0.4, 0.5) is 0 Å². The van der Waals surface area contributed by atoms with Crippen molar-refractivity contribution < 1.29 is 38.1 Å². The van der Waals surface area contributed by atoms with Crippen LogP contribution in [-0.4, -0.2) is 38.1 Å². The Hall–Kier alpha value is -5.24. The number of benzene rings is 4. The molecule has 0 aromatic heterocycles. The van der Waals surface area contributed by atoms with E-state index in [4.69, 9.17) is 18.9 Å². The van der Waals surface area contributed by atoms with E-state index < -0.39 is 53.8 Å². The second-order valence-electron chi connectivity index (χ2n) is 10.4. The van der Waals surface area contributed by atoms with Crippen molar-refractivity contribution in [2.75, 3.05) is 14.2 Å². The third-order valence-electron chi connectivity index (χ3n) is 7.86. The number of fused-ring (bicyclic) bond motifs is 1. The first-order chi connectivity index (χ1) is 21.4. The molecule has 224 valence electrons. The second kappa shape index (κ2) is 13.8. The monoisotopic (exact) mass is 592 g/mol. The molecule has 0 radical (unpaired) electrons. The van der Waals surface area contributed by atoms with Crippen molar-refractivity contribution in [1.82, 2.24) is 0 Å². The Morgan fingerprint density at radius 3 is 1.57 bits per heavy atom. The van der Waals surface area contributed by atoms with Crippen molar-refractivity contribution in [2.45, 2.75) is 24.5 Å². The minimum absolute atomic E-state index is 0.148. The summed E-state index contributed by atoms with van der Waals surface area (Å²) in [4.78, 5) is 54.1. The lowest BCUT2D eigenvalue weighted by Gasteiger charge is -2.38. The van der Waals surface area contributed by atoms with Gasteiger partial charge in [0.15, 0.2) is 0 Å². The Labute approximate surface area is 255 Å². The Balaban J connectivity index is 1.59. The zero-order chi connectivity index (χ0) is 31.1. The van der Waals surface area contributed by atoms with Crippen LogP contribution in [0.25, 0.3) is 0 Å². The van der Waals surface area contributed by atoms with Crippen LogP contribution in [0.5, 0.6) is 0 Å². The molecule has 44 heavy (non-hydrogen) atoms. The first-order valence-electron chi connectivity index (χ1n) is 14.2. The Morgan fingerprint density at radius 2 is 1.05 bits per heavy atom. The summed E-state index contributed by atoms with van der Waals surface area (Å²) in [6.45, 7) is 0. The molecule has 4 aromatic rings. The SMILES string of the molecule is COC(=O)[C@H](OC(=O)[C@H]1[C@@H](c2ccccc2)c2ccccc2C[C@@H]1C(=O)O[C@@H](C(=O)OC)c1ccccc1)c1ccccc1. The molecule has 0 unspecified atom stereocenters. The third kappa shape index (κ3) is 6.39. The molecule has 0 heterocycles. The molecule has 5 atom stereocenters. The average molecular weight is 593 g/mol. The van der Waals surface area contributed by atoms with Crippen LogP contribution in [0.3, 0.4) is 0 Å². The first kappa shape index (κ1) is 30.2. The van der Waals surface area contributed by atoms with Crippen LogP contribution in [0, 0.1) is 11.8 Å². The van der Waals surface area contributed by atoms with E-state index in [-0.39, 0.29) is 6.42 Å². The van der Waals surface area contributed by atoms with E-state index in [9.17, 15) is 19.2 Å². The van der Waals surface area contributed by atoms with E-state index in [1.54, 1.807) is 60.7 Å². The highest BCUT2D eigenvalue weighted by Crippen LogP contribution is 2.46. The molecule has 8 heteroatoms. The van der Waals surface area contributed by atoms with Crippen molar-refractivity contribution in [1.29, 1.82) is 0 Å². The predicted molar refractivity (Wildman–Crippen MR) is 160 cm³/mol. The lowest BCUT2D eigenvalue weighted by atomic mass is 9.66. The van der Waals surface area contributed by atoms with E-state index in [1.807, 2.05) is 54.6 Å². The minimum Gasteiger partial charge on any atom is -0.466 e. The molecular formula is C36H32O8. The lowest BCUT2D eigenvalue weighted by molar-refractivity contribution is -0.178. The fourth-order valence-electron chi connectivity index (χ4n) is 5.76. The summed E-state index contributed by atoms with van der Waals surface area (Å²) in [5, 5.41) is 0. The van der Waals surface area contributed by atoms with Crippen LogP contribution < -0.4 is 0 Å². The number of methoxy groups -OCH3 is 2. The minimum atomic E-state index is -1.36. The standard InChI is InChI=1S/C36H32O8/c1-41-35(39)31(24-16-8-4-9-17-24)43-33(37)28-22-26-20-12-13-21-27(26)29(23-14-6-3-7-15-23)30(28)34(38)44-32(36(40)42-2)25-18-10-5-11-19-25/h3-21,28-32H,22H2,1-2H3/t28-,29-,30+,31+,32+/m0/s1. The van der Waals surface area contributed by atoms with E-state index >= 15 is 0 Å². The molecule has 4 aromatic carbocycles. The van der Waals surface area contributed by atoms with Gasteiger partial charge < -0.3 is 18.9 Å². The van der Waals surface area contributed by atoms with Crippen LogP contribution in [0.15, 0.2) is 115 Å². The number of ether oxygens (including phenoxy) is 4. The number of carbonyl (C=O) groups is 4. The number of hydrogen-bond acceptors (Lipinski definition) is 8. The van der Waals surface area contributed by atoms with Gasteiger partial charge in [0.2, 0.25) is 12.2 Å². The molecule has 0 spiro atoms. The van der Waals surface area contributed by atoms with Gasteiger partial charge in [0, 0.05) is 17.0 Å². The zero-order valence-electron chi connectivity index (χ0n) is 24.3. The summed E-state index contributed by atoms with van der Waals surface area (Å²) in [6, 6.07) is 34.0. The molecule has 1 aliphatic rings. The van der Waals surface area contributed by atoms with Crippen molar-refractivity contribution in [2.24, 2.45) is 11.8 Å². The highest BCUT2D eigenvalue weighted by atomic mass is 16.6. The molecule has 0 saturated carbocycles. The molecule has 0 bridgehead atoms. The van der Waals surface area contributed by atoms with Gasteiger partial charge in [-0.15, -0.1) is 0 Å². The van der Waals surface area contributed by atoms with Gasteiger partial charge in [-0.25, -0.2) is 9.59 Å². The van der Waals surface area contributed by atoms with Gasteiger partial charge >= 0.3 is 23.9 Å². The van der Waals surface area contributed by atoms with Crippen LogP contribution >= 0.6 is 0 Å². The molecule has 0 amide bonds. The number of esters is 4. The van der Waals surface area contributed by atoms with Gasteiger partial charge in [-0.05, 0) is 23.1 Å². The maximum atomic E-state index is 14.3. The number of hydrogen-bond donors (Lipinski definition) is 0. The van der Waals surface area contributed by atoms with Gasteiger partial charge in [-0.3, -0.25) is 9.59 Å². The van der Waals surface area contributed by atoms with Crippen molar-refractivity contribution in [3.8, 4) is 0 Å². The quantitative estimate of drug-likeness (QED) is 0.185. The van der Waals surface area contributed by atoms with Gasteiger partial charge in [0.25, 0.3) is 0 Å². The smallest absolute Gasteiger partial charge is 0.351 e. The summed E-state index contributed by atoms with van der Waals surface area (Å²) >= 11 is 0. The van der Waals surface area contributed by atoms with Crippen molar-refractivity contribution in [3.63, 3.8) is 0 Å². The molecule has 0 saturated heterocycles. The number of carbonyl (C=O) groups excluding carboxylic acids is 4. The highest BCUT2D eigenvalue weighted by molar-refractivity contribution is 5.88. The van der Waals surface area contributed by atoms with Gasteiger partial charge in [0.1, 0.15) is 0 Å². The van der Waals surface area contributed by atoms with Crippen LogP contribution in [0.1, 0.15) is 45.9 Å². The molecule has 0 aliphatic heterocycles. The predicted octanol–water partition coefficient (Wildman–Crippen LogP) is 5.52. The first-order valence-corrected chi connectivity index (χ1v) is 14.2. The van der Waals surface area contributed by atoms with Gasteiger partial charge in [-0.1, -0.05) is 115 Å². The molecule has 1 aliphatic carbocycles. The molecule has 8 nitrogen and oxygen atoms in total. The molecule has 0 fully saturated rings. The van der Waals surface area contributed by atoms with Crippen LogP contribution in [0.2, 0.25) is 0 Å². The summed E-state index contributed by atoms with van der Waals surface area (Å²) in [5.74, 6) is -5.84. The average Bonchev–Trinajstić information content (AvgIpc) is 3.08. The largest absolute Gasteiger partial charge is 0.466 e. The van der Waals surface area contributed by atoms with E-state index in [0.29, 0.717) is 11.1 Å². The lowest BCUT2D eigenvalue weighted by Crippen LogP contribution is -2.43. The van der Waals surface area contributed by atoms with E-state index in [2.05, 4.69) is 0 Å². The molecule has 0 N–H and O–H groups in total. The summed E-state index contributed by atoms with van der Waals surface area (Å²) in [5.41, 5.74) is 3.34. The summed E-state index contributed by atoms with van der Waals surface area (Å²) < 4.78 is 21.7. The van der Waals surface area contributed by atoms with Crippen molar-refractivity contribution >= 4 is 23.9 Å². The van der Waals surface area contributed by atoms with E-state index in [1.165, 1.54) is 14.2 Å².